The first-order valence-corrected chi connectivity index (χ1v) is 12.6. The van der Waals surface area contributed by atoms with Gasteiger partial charge in [-0.15, -0.1) is 0 Å². The number of aliphatic hydroxyl groups excluding tert-OH is 1. The van der Waals surface area contributed by atoms with Crippen LogP contribution in [0.5, 0.6) is 0 Å². The third-order valence-corrected chi connectivity index (χ3v) is 6.87. The van der Waals surface area contributed by atoms with E-state index in [1.807, 2.05) is 0 Å². The zero-order chi connectivity index (χ0) is 24.5. The SMILES string of the molecule is CS(=O)(=O)c1ccccc1-c1ccc(NC(=O)C2([NH+]=C(O)Nc3ccc(Cl)cc3)CC2)c(F)c1. The van der Waals surface area contributed by atoms with E-state index >= 15 is 0 Å². The Labute approximate surface area is 201 Å². The van der Waals surface area contributed by atoms with Gasteiger partial charge >= 0.3 is 6.02 Å². The molecule has 1 aliphatic carbocycles. The van der Waals surface area contributed by atoms with E-state index in [4.69, 9.17) is 11.6 Å². The first kappa shape index (κ1) is 23.7. The Morgan fingerprint density at radius 3 is 2.35 bits per heavy atom. The van der Waals surface area contributed by atoms with Gasteiger partial charge in [0, 0.05) is 29.7 Å². The van der Waals surface area contributed by atoms with Crippen molar-refractivity contribution in [3.05, 3.63) is 77.6 Å². The molecule has 4 rings (SSSR count). The number of amides is 1. The Balaban J connectivity index is 1.51. The predicted octanol–water partition coefficient (Wildman–Crippen LogP) is 3.13. The van der Waals surface area contributed by atoms with E-state index in [0.717, 1.165) is 6.26 Å². The molecular weight excluding hydrogens is 481 g/mol. The molecule has 0 unspecified atom stereocenters. The zero-order valence-electron chi connectivity index (χ0n) is 18.1. The van der Waals surface area contributed by atoms with Gasteiger partial charge in [0.2, 0.25) is 0 Å². The molecule has 1 amide bonds. The number of nitrogens with one attached hydrogen (secondary N) is 3. The van der Waals surface area contributed by atoms with Crippen molar-refractivity contribution in [2.75, 3.05) is 16.9 Å². The standard InChI is InChI=1S/C24H21ClFN3O4S/c1-34(32,33)21-5-3-2-4-18(21)15-6-11-20(19(26)14-15)28-22(30)24(12-13-24)29-23(31)27-17-9-7-16(25)8-10-17/h2-11,14H,12-13H2,1H3,(H,28,30)(H2,27,29,31)/p+1. The number of rotatable bonds is 6. The number of halogens is 2. The van der Waals surface area contributed by atoms with Crippen LogP contribution in [-0.4, -0.2) is 37.2 Å². The molecule has 0 spiro atoms. The number of aliphatic hydroxyl groups is 1. The van der Waals surface area contributed by atoms with Gasteiger partial charge in [-0.25, -0.2) is 23.1 Å². The number of hydrogen-bond acceptors (Lipinski definition) is 3. The Bertz CT molecular complexity index is 1390. The number of hydrogen-bond donors (Lipinski definition) is 4. The second kappa shape index (κ2) is 9.08. The van der Waals surface area contributed by atoms with Crippen LogP contribution in [0.3, 0.4) is 0 Å². The summed E-state index contributed by atoms with van der Waals surface area (Å²) in [5.74, 6) is -1.21. The second-order valence-corrected chi connectivity index (χ2v) is 10.5. The van der Waals surface area contributed by atoms with Gasteiger partial charge in [0.05, 0.1) is 10.6 Å². The summed E-state index contributed by atoms with van der Waals surface area (Å²) in [7, 11) is -3.51. The van der Waals surface area contributed by atoms with Gasteiger partial charge in [0.15, 0.2) is 15.4 Å². The van der Waals surface area contributed by atoms with E-state index < -0.39 is 27.1 Å². The van der Waals surface area contributed by atoms with Crippen LogP contribution < -0.4 is 15.6 Å². The minimum atomic E-state index is -3.51. The van der Waals surface area contributed by atoms with Crippen LogP contribution in [0.15, 0.2) is 71.6 Å². The molecular formula is C24H22ClFN3O4S+. The molecule has 1 aliphatic rings. The zero-order valence-corrected chi connectivity index (χ0v) is 19.7. The summed E-state index contributed by atoms with van der Waals surface area (Å²) in [6.07, 6.45) is 1.99. The minimum absolute atomic E-state index is 0.0520. The van der Waals surface area contributed by atoms with Crippen LogP contribution in [0.2, 0.25) is 5.02 Å². The normalized spacial score (nSPS) is 15.0. The maximum absolute atomic E-state index is 14.9. The molecule has 0 bridgehead atoms. The van der Waals surface area contributed by atoms with Crippen LogP contribution in [0.1, 0.15) is 12.8 Å². The summed E-state index contributed by atoms with van der Waals surface area (Å²) >= 11 is 5.85. The molecule has 1 saturated carbocycles. The first-order chi connectivity index (χ1) is 16.1. The summed E-state index contributed by atoms with van der Waals surface area (Å²) in [4.78, 5) is 15.7. The van der Waals surface area contributed by atoms with Gasteiger partial charge in [-0.1, -0.05) is 35.9 Å². The number of anilines is 2. The van der Waals surface area contributed by atoms with Gasteiger partial charge in [0.1, 0.15) is 11.5 Å². The highest BCUT2D eigenvalue weighted by Gasteiger charge is 2.53. The van der Waals surface area contributed by atoms with Crippen LogP contribution in [0.25, 0.3) is 11.1 Å². The molecule has 0 heterocycles. The molecule has 1 fully saturated rings. The van der Waals surface area contributed by atoms with Crippen LogP contribution in [0.4, 0.5) is 15.8 Å². The molecule has 0 aliphatic heterocycles. The summed E-state index contributed by atoms with van der Waals surface area (Å²) in [5.41, 5.74) is 0.187. The lowest BCUT2D eigenvalue weighted by molar-refractivity contribution is -0.510. The van der Waals surface area contributed by atoms with Crippen molar-refractivity contribution in [3.8, 4) is 11.1 Å². The molecule has 34 heavy (non-hydrogen) atoms. The summed E-state index contributed by atoms with van der Waals surface area (Å²) in [6.45, 7) is 0. The number of amidine groups is 1. The average molecular weight is 503 g/mol. The fraction of sp³-hybridized carbons (Fsp3) is 0.167. The van der Waals surface area contributed by atoms with Gasteiger partial charge in [0.25, 0.3) is 5.91 Å². The van der Waals surface area contributed by atoms with Crippen molar-refractivity contribution in [3.63, 3.8) is 0 Å². The van der Waals surface area contributed by atoms with Crippen molar-refractivity contribution in [2.24, 2.45) is 0 Å². The van der Waals surface area contributed by atoms with Gasteiger partial charge < -0.3 is 10.4 Å². The molecule has 7 nitrogen and oxygen atoms in total. The van der Waals surface area contributed by atoms with Crippen LogP contribution >= 0.6 is 11.6 Å². The summed E-state index contributed by atoms with van der Waals surface area (Å²) in [6, 6.07) is 16.7. The Hall–Kier alpha value is -3.43. The van der Waals surface area contributed by atoms with Crippen molar-refractivity contribution in [1.82, 2.24) is 0 Å². The van der Waals surface area contributed by atoms with Crippen LogP contribution in [-0.2, 0) is 14.6 Å². The monoisotopic (exact) mass is 502 g/mol. The Kier molecular flexibility index (Phi) is 6.33. The van der Waals surface area contributed by atoms with E-state index in [0.29, 0.717) is 34.7 Å². The molecule has 176 valence electrons. The van der Waals surface area contributed by atoms with E-state index in [1.165, 1.54) is 18.2 Å². The molecule has 3 aromatic rings. The molecule has 4 N–H and O–H groups in total. The average Bonchev–Trinajstić information content (AvgIpc) is 3.56. The smallest absolute Gasteiger partial charge is 0.445 e. The predicted molar refractivity (Wildman–Crippen MR) is 129 cm³/mol. The summed E-state index contributed by atoms with van der Waals surface area (Å²) in [5, 5.41) is 16.1. The van der Waals surface area contributed by atoms with E-state index in [1.54, 1.807) is 48.5 Å². The number of carbonyl (C=O) groups is 1. The molecule has 0 radical (unpaired) electrons. The third-order valence-electron chi connectivity index (χ3n) is 5.46. The highest BCUT2D eigenvalue weighted by Crippen LogP contribution is 2.33. The van der Waals surface area contributed by atoms with E-state index in [9.17, 15) is 22.7 Å². The maximum Gasteiger partial charge on any atom is 0.445 e. The number of carbonyl (C=O) groups excluding carboxylic acids is 1. The summed E-state index contributed by atoms with van der Waals surface area (Å²) < 4.78 is 39.0. The minimum Gasteiger partial charge on any atom is -0.447 e. The quantitative estimate of drug-likeness (QED) is 0.306. The Morgan fingerprint density at radius 2 is 1.74 bits per heavy atom. The van der Waals surface area contributed by atoms with E-state index in [2.05, 4.69) is 15.6 Å². The van der Waals surface area contributed by atoms with Gasteiger partial charge in [-0.3, -0.25) is 4.79 Å². The fourth-order valence-electron chi connectivity index (χ4n) is 3.52. The van der Waals surface area contributed by atoms with Gasteiger partial charge in [-0.2, -0.15) is 0 Å². The lowest BCUT2D eigenvalue weighted by Gasteiger charge is -2.13. The molecule has 0 atom stereocenters. The second-order valence-electron chi connectivity index (χ2n) is 8.10. The van der Waals surface area contributed by atoms with Crippen molar-refractivity contribution < 1.29 is 27.7 Å². The largest absolute Gasteiger partial charge is 0.447 e. The number of sulfone groups is 1. The van der Waals surface area contributed by atoms with E-state index in [-0.39, 0.29) is 16.6 Å². The van der Waals surface area contributed by atoms with Gasteiger partial charge in [-0.05, 0) is 48.0 Å². The topological polar surface area (TPSA) is 109 Å². The highest BCUT2D eigenvalue weighted by molar-refractivity contribution is 7.90. The third kappa shape index (κ3) is 5.21. The highest BCUT2D eigenvalue weighted by atomic mass is 35.5. The fourth-order valence-corrected chi connectivity index (χ4v) is 4.55. The molecule has 0 aromatic heterocycles. The van der Waals surface area contributed by atoms with Crippen LogP contribution in [0, 0.1) is 5.82 Å². The maximum atomic E-state index is 14.9. The Morgan fingerprint density at radius 1 is 1.06 bits per heavy atom. The van der Waals surface area contributed by atoms with Crippen molar-refractivity contribution in [2.45, 2.75) is 23.3 Å². The lowest BCUT2D eigenvalue weighted by atomic mass is 10.0. The van der Waals surface area contributed by atoms with Crippen molar-refractivity contribution in [1.29, 1.82) is 0 Å². The molecule has 0 saturated heterocycles. The van der Waals surface area contributed by atoms with Crippen molar-refractivity contribution >= 4 is 44.7 Å². The number of benzene rings is 3. The lowest BCUT2D eigenvalue weighted by Crippen LogP contribution is -2.86. The molecule has 10 heteroatoms. The molecule has 3 aromatic carbocycles. The first-order valence-electron chi connectivity index (χ1n) is 10.3.